The summed E-state index contributed by atoms with van der Waals surface area (Å²) in [6, 6.07) is 8.84. The molecule has 0 bridgehead atoms. The largest absolute Gasteiger partial charge is 0.462 e. The first-order valence-corrected chi connectivity index (χ1v) is 14.5. The number of carbonyl (C=O) groups excluding carboxylic acids is 1. The molecule has 0 N–H and O–H groups in total. The third-order valence-corrected chi connectivity index (χ3v) is 7.96. The molecule has 0 saturated carbocycles. The number of aryl methyl sites for hydroxylation is 1. The van der Waals surface area contributed by atoms with Gasteiger partial charge in [0.25, 0.3) is 0 Å². The van der Waals surface area contributed by atoms with E-state index >= 15 is 0 Å². The van der Waals surface area contributed by atoms with E-state index in [1.807, 2.05) is 32.2 Å². The van der Waals surface area contributed by atoms with Crippen LogP contribution in [0.3, 0.4) is 0 Å². The van der Waals surface area contributed by atoms with E-state index in [4.69, 9.17) is 14.7 Å². The molecule has 2 fully saturated rings. The minimum atomic E-state index is -0.333. The van der Waals surface area contributed by atoms with Crippen LogP contribution < -0.4 is 14.7 Å². The van der Waals surface area contributed by atoms with Gasteiger partial charge in [0.15, 0.2) is 0 Å². The van der Waals surface area contributed by atoms with Gasteiger partial charge in [0.2, 0.25) is 5.95 Å². The minimum absolute atomic E-state index is 0.204. The quantitative estimate of drug-likeness (QED) is 0.371. The Kier molecular flexibility index (Phi) is 8.19. The highest BCUT2D eigenvalue weighted by atomic mass is 16.5. The lowest BCUT2D eigenvalue weighted by atomic mass is 10.1. The van der Waals surface area contributed by atoms with Gasteiger partial charge in [-0.3, -0.25) is 4.98 Å². The molecule has 0 spiro atoms. The summed E-state index contributed by atoms with van der Waals surface area (Å²) in [6.07, 6.45) is 5.82. The average Bonchev–Trinajstić information content (AvgIpc) is 3.38. The van der Waals surface area contributed by atoms with Crippen molar-refractivity contribution in [2.75, 3.05) is 47.5 Å². The number of piperazine rings is 1. The van der Waals surface area contributed by atoms with Gasteiger partial charge in [-0.25, -0.2) is 14.8 Å². The zero-order valence-electron chi connectivity index (χ0n) is 24.6. The number of rotatable bonds is 7. The van der Waals surface area contributed by atoms with Crippen molar-refractivity contribution in [3.8, 4) is 11.3 Å². The summed E-state index contributed by atoms with van der Waals surface area (Å²) in [5.74, 6) is 2.68. The second kappa shape index (κ2) is 11.8. The van der Waals surface area contributed by atoms with Crippen LogP contribution in [0.4, 0.5) is 17.6 Å². The molecule has 0 radical (unpaired) electrons. The number of nitrogens with zero attached hydrogens (tertiary/aromatic N) is 7. The molecule has 2 atom stereocenters. The topological polar surface area (TPSA) is 87.6 Å². The molecule has 2 unspecified atom stereocenters. The predicted molar refractivity (Wildman–Crippen MR) is 159 cm³/mol. The van der Waals surface area contributed by atoms with Crippen LogP contribution in [-0.4, -0.2) is 70.8 Å². The molecule has 2 aliphatic rings. The van der Waals surface area contributed by atoms with Crippen molar-refractivity contribution in [2.45, 2.75) is 72.4 Å². The monoisotopic (exact) mass is 543 g/mol. The number of aromatic nitrogens is 4. The number of carbonyl (C=O) groups is 1. The Morgan fingerprint density at radius 3 is 2.55 bits per heavy atom. The van der Waals surface area contributed by atoms with Crippen molar-refractivity contribution in [3.05, 3.63) is 53.5 Å². The van der Waals surface area contributed by atoms with Crippen LogP contribution in [0.25, 0.3) is 11.3 Å². The highest BCUT2D eigenvalue weighted by Gasteiger charge is 2.29. The Morgan fingerprint density at radius 1 is 1.05 bits per heavy atom. The summed E-state index contributed by atoms with van der Waals surface area (Å²) in [4.78, 5) is 38.6. The first-order valence-electron chi connectivity index (χ1n) is 14.5. The van der Waals surface area contributed by atoms with Crippen LogP contribution in [-0.2, 0) is 4.74 Å². The normalized spacial score (nSPS) is 19.4. The van der Waals surface area contributed by atoms with Gasteiger partial charge in [-0.1, -0.05) is 13.8 Å². The lowest BCUT2D eigenvalue weighted by Crippen LogP contribution is -2.53. The molecule has 9 heteroatoms. The van der Waals surface area contributed by atoms with Gasteiger partial charge in [-0.2, -0.15) is 4.98 Å². The standard InChI is InChI=1S/C31H41N7O2/c1-7-40-30(39)25-15-21(4)29(33-18-25)36-13-14-37(23(6)19-36)28-17-27(24-10-11-32-26(16-24)20(2)3)34-31(35-28)38-12-8-9-22(38)5/h10-11,15-18,20,22-23H,7-9,12-14,19H2,1-6H3. The van der Waals surface area contributed by atoms with E-state index in [0.717, 1.165) is 79.1 Å². The summed E-state index contributed by atoms with van der Waals surface area (Å²) >= 11 is 0. The maximum absolute atomic E-state index is 12.2. The maximum Gasteiger partial charge on any atom is 0.339 e. The zero-order chi connectivity index (χ0) is 28.4. The third kappa shape index (κ3) is 5.74. The molecule has 2 saturated heterocycles. The molecule has 5 rings (SSSR count). The minimum Gasteiger partial charge on any atom is -0.462 e. The summed E-state index contributed by atoms with van der Waals surface area (Å²) < 4.78 is 5.14. The van der Waals surface area contributed by atoms with E-state index in [1.165, 1.54) is 0 Å². The smallest absolute Gasteiger partial charge is 0.339 e. The van der Waals surface area contributed by atoms with E-state index in [2.05, 4.69) is 64.5 Å². The summed E-state index contributed by atoms with van der Waals surface area (Å²) in [5.41, 5.74) is 4.53. The van der Waals surface area contributed by atoms with Gasteiger partial charge in [-0.15, -0.1) is 0 Å². The Balaban J connectivity index is 1.43. The first-order chi connectivity index (χ1) is 19.2. The van der Waals surface area contributed by atoms with Crippen molar-refractivity contribution < 1.29 is 9.53 Å². The number of esters is 1. The Bertz CT molecular complexity index is 1360. The maximum atomic E-state index is 12.2. The van der Waals surface area contributed by atoms with Crippen molar-refractivity contribution in [3.63, 3.8) is 0 Å². The number of hydrogen-bond donors (Lipinski definition) is 0. The highest BCUT2D eigenvalue weighted by molar-refractivity contribution is 5.89. The second-order valence-corrected chi connectivity index (χ2v) is 11.3. The van der Waals surface area contributed by atoms with Crippen LogP contribution >= 0.6 is 0 Å². The molecular formula is C31H41N7O2. The summed E-state index contributed by atoms with van der Waals surface area (Å²) in [5, 5.41) is 0. The fourth-order valence-electron chi connectivity index (χ4n) is 5.71. The van der Waals surface area contributed by atoms with Crippen LogP contribution in [0.2, 0.25) is 0 Å². The number of hydrogen-bond acceptors (Lipinski definition) is 9. The molecule has 212 valence electrons. The summed E-state index contributed by atoms with van der Waals surface area (Å²) in [6.45, 7) is 16.4. The third-order valence-electron chi connectivity index (χ3n) is 7.96. The van der Waals surface area contributed by atoms with Crippen LogP contribution in [0, 0.1) is 6.92 Å². The molecule has 9 nitrogen and oxygen atoms in total. The number of ether oxygens (including phenoxy) is 1. The number of anilines is 3. The fraction of sp³-hybridized carbons (Fsp3) is 0.516. The molecule has 3 aromatic heterocycles. The molecular weight excluding hydrogens is 502 g/mol. The van der Waals surface area contributed by atoms with Crippen LogP contribution in [0.5, 0.6) is 0 Å². The number of pyridine rings is 2. The summed E-state index contributed by atoms with van der Waals surface area (Å²) in [7, 11) is 0. The van der Waals surface area contributed by atoms with Gasteiger partial charge >= 0.3 is 5.97 Å². The predicted octanol–water partition coefficient (Wildman–Crippen LogP) is 5.25. The molecule has 3 aromatic rings. The van der Waals surface area contributed by atoms with Gasteiger partial charge in [0, 0.05) is 68.0 Å². The fourth-order valence-corrected chi connectivity index (χ4v) is 5.71. The lowest BCUT2D eigenvalue weighted by molar-refractivity contribution is 0.0525. The van der Waals surface area contributed by atoms with Crippen molar-refractivity contribution in [1.82, 2.24) is 19.9 Å². The van der Waals surface area contributed by atoms with E-state index in [-0.39, 0.29) is 12.0 Å². The molecule has 40 heavy (non-hydrogen) atoms. The lowest BCUT2D eigenvalue weighted by Gasteiger charge is -2.41. The molecule has 5 heterocycles. The van der Waals surface area contributed by atoms with E-state index < -0.39 is 0 Å². The second-order valence-electron chi connectivity index (χ2n) is 11.3. The van der Waals surface area contributed by atoms with Gasteiger partial charge in [0.1, 0.15) is 11.6 Å². The molecule has 2 aliphatic heterocycles. The first kappa shape index (κ1) is 27.8. The Morgan fingerprint density at radius 2 is 1.88 bits per heavy atom. The molecule has 0 aromatic carbocycles. The van der Waals surface area contributed by atoms with E-state index in [9.17, 15) is 4.79 Å². The zero-order valence-corrected chi connectivity index (χ0v) is 24.6. The van der Waals surface area contributed by atoms with E-state index in [1.54, 1.807) is 6.20 Å². The van der Waals surface area contributed by atoms with Gasteiger partial charge in [-0.05, 0) is 70.2 Å². The average molecular weight is 544 g/mol. The van der Waals surface area contributed by atoms with Crippen LogP contribution in [0.1, 0.15) is 75.0 Å². The van der Waals surface area contributed by atoms with Crippen molar-refractivity contribution in [2.24, 2.45) is 0 Å². The van der Waals surface area contributed by atoms with Crippen molar-refractivity contribution >= 4 is 23.6 Å². The Labute approximate surface area is 237 Å². The molecule has 0 aliphatic carbocycles. The Hall–Kier alpha value is -3.75. The van der Waals surface area contributed by atoms with Crippen molar-refractivity contribution in [1.29, 1.82) is 0 Å². The van der Waals surface area contributed by atoms with Gasteiger partial charge in [0.05, 0.1) is 17.9 Å². The highest BCUT2D eigenvalue weighted by Crippen LogP contribution is 2.32. The van der Waals surface area contributed by atoms with Crippen LogP contribution in [0.15, 0.2) is 36.7 Å². The molecule has 0 amide bonds. The SMILES string of the molecule is CCOC(=O)c1cnc(N2CCN(c3cc(-c4ccnc(C(C)C)c4)nc(N4CCCC4C)n3)C(C)C2)c(C)c1. The van der Waals surface area contributed by atoms with E-state index in [0.29, 0.717) is 24.1 Å². The van der Waals surface area contributed by atoms with Gasteiger partial charge < -0.3 is 19.4 Å².